The molecule has 1 aliphatic rings. The van der Waals surface area contributed by atoms with E-state index in [1.807, 2.05) is 24.3 Å². The molecule has 0 radical (unpaired) electrons. The molecular weight excluding hydrogens is 418 g/mol. The quantitative estimate of drug-likeness (QED) is 0.633. The van der Waals surface area contributed by atoms with Crippen molar-refractivity contribution in [3.05, 3.63) is 42.7 Å². The maximum atomic E-state index is 10.5. The molecule has 8 nitrogen and oxygen atoms in total. The van der Waals surface area contributed by atoms with Gasteiger partial charge in [0.05, 0.1) is 11.9 Å². The number of benzene rings is 1. The fraction of sp³-hybridized carbons (Fsp3) is 0.409. The minimum atomic E-state index is 0. The molecule has 1 aromatic carbocycles. The van der Waals surface area contributed by atoms with Crippen LogP contribution in [0.4, 0.5) is 0 Å². The monoisotopic (exact) mass is 447 g/mol. The zero-order chi connectivity index (χ0) is 20.6. The lowest BCUT2D eigenvalue weighted by atomic mass is 9.79. The second-order valence-electron chi connectivity index (χ2n) is 8.28. The van der Waals surface area contributed by atoms with Crippen LogP contribution in [0.1, 0.15) is 27.2 Å². The molecule has 4 rings (SSSR count). The molecule has 168 valence electrons. The number of phenols is 1. The summed E-state index contributed by atoms with van der Waals surface area (Å²) in [5.41, 5.74) is 3.10. The number of hydrogen-bond donors (Lipinski definition) is 2. The highest BCUT2D eigenvalue weighted by atomic mass is 35.5. The first kappa shape index (κ1) is 24.6. The maximum absolute atomic E-state index is 10.5. The van der Waals surface area contributed by atoms with Gasteiger partial charge in [-0.2, -0.15) is 5.10 Å². The standard InChI is InChI=1S/C22H27N5O2.ClH.H2O/c1-14-20(9-10-27(4)22(14,2)3)29-21-8-7-18(25-26-21)17-6-5-15(11-19(17)28)16-12-23-24-13-16;;/h5-8,11-14,20,28H,9-10H2,1-4H3,(H,23,24);1H;1H2. The molecule has 2 unspecified atom stereocenters. The van der Waals surface area contributed by atoms with Crippen molar-refractivity contribution >= 4 is 12.4 Å². The lowest BCUT2D eigenvalue weighted by Gasteiger charge is -2.48. The Kier molecular flexibility index (Phi) is 7.64. The molecule has 2 aromatic heterocycles. The van der Waals surface area contributed by atoms with Crippen LogP contribution in [0.15, 0.2) is 42.7 Å². The van der Waals surface area contributed by atoms with Crippen molar-refractivity contribution in [2.24, 2.45) is 5.92 Å². The van der Waals surface area contributed by atoms with E-state index < -0.39 is 0 Å². The Morgan fingerprint density at radius 2 is 1.94 bits per heavy atom. The first-order valence-electron chi connectivity index (χ1n) is 9.90. The summed E-state index contributed by atoms with van der Waals surface area (Å²) in [4.78, 5) is 2.38. The molecule has 0 saturated carbocycles. The van der Waals surface area contributed by atoms with Gasteiger partial charge >= 0.3 is 0 Å². The number of H-pyrrole nitrogens is 1. The van der Waals surface area contributed by atoms with Gasteiger partial charge in [0.2, 0.25) is 5.88 Å². The summed E-state index contributed by atoms with van der Waals surface area (Å²) in [6, 6.07) is 9.12. The number of piperidine rings is 1. The number of nitrogens with zero attached hydrogens (tertiary/aromatic N) is 4. The molecule has 0 spiro atoms. The van der Waals surface area contributed by atoms with E-state index in [-0.39, 0.29) is 35.3 Å². The van der Waals surface area contributed by atoms with Crippen molar-refractivity contribution in [3.63, 3.8) is 0 Å². The Morgan fingerprint density at radius 1 is 1.16 bits per heavy atom. The number of aromatic hydroxyl groups is 1. The second kappa shape index (κ2) is 9.64. The van der Waals surface area contributed by atoms with Crippen LogP contribution in [0.5, 0.6) is 11.6 Å². The third kappa shape index (κ3) is 4.81. The Hall–Kier alpha value is -2.68. The van der Waals surface area contributed by atoms with Crippen molar-refractivity contribution in [1.82, 2.24) is 25.3 Å². The molecule has 31 heavy (non-hydrogen) atoms. The zero-order valence-electron chi connectivity index (χ0n) is 18.2. The van der Waals surface area contributed by atoms with Gasteiger partial charge < -0.3 is 20.2 Å². The molecule has 1 aliphatic heterocycles. The number of likely N-dealkylation sites (tertiary alicyclic amines) is 1. The van der Waals surface area contributed by atoms with E-state index in [1.54, 1.807) is 18.5 Å². The maximum Gasteiger partial charge on any atom is 0.233 e. The van der Waals surface area contributed by atoms with Gasteiger partial charge in [-0.3, -0.25) is 5.10 Å². The lowest BCUT2D eigenvalue weighted by Crippen LogP contribution is -2.56. The largest absolute Gasteiger partial charge is 0.507 e. The third-order valence-corrected chi connectivity index (χ3v) is 6.42. The van der Waals surface area contributed by atoms with E-state index in [0.717, 1.165) is 24.1 Å². The number of rotatable bonds is 4. The highest BCUT2D eigenvalue weighted by Gasteiger charge is 2.40. The highest BCUT2D eigenvalue weighted by Crippen LogP contribution is 2.35. The van der Waals surface area contributed by atoms with Crippen LogP contribution >= 0.6 is 12.4 Å². The number of aromatic amines is 1. The molecule has 0 amide bonds. The fourth-order valence-corrected chi connectivity index (χ4v) is 3.84. The summed E-state index contributed by atoms with van der Waals surface area (Å²) in [7, 11) is 2.16. The van der Waals surface area contributed by atoms with Gasteiger partial charge in [0.15, 0.2) is 0 Å². The summed E-state index contributed by atoms with van der Waals surface area (Å²) in [6.45, 7) is 7.71. The minimum Gasteiger partial charge on any atom is -0.507 e. The normalized spacial score (nSPS) is 20.4. The van der Waals surface area contributed by atoms with Crippen LogP contribution in [0.25, 0.3) is 22.4 Å². The van der Waals surface area contributed by atoms with Gasteiger partial charge in [-0.1, -0.05) is 13.0 Å². The van der Waals surface area contributed by atoms with Crippen molar-refractivity contribution < 1.29 is 15.3 Å². The van der Waals surface area contributed by atoms with Crippen molar-refractivity contribution in [2.45, 2.75) is 38.8 Å². The second-order valence-corrected chi connectivity index (χ2v) is 8.28. The van der Waals surface area contributed by atoms with Crippen molar-refractivity contribution in [2.75, 3.05) is 13.6 Å². The summed E-state index contributed by atoms with van der Waals surface area (Å²) in [6.07, 6.45) is 4.56. The third-order valence-electron chi connectivity index (χ3n) is 6.42. The highest BCUT2D eigenvalue weighted by molar-refractivity contribution is 5.85. The average molecular weight is 448 g/mol. The van der Waals surface area contributed by atoms with Crippen LogP contribution < -0.4 is 4.74 Å². The van der Waals surface area contributed by atoms with E-state index in [2.05, 4.69) is 53.1 Å². The number of ether oxygens (including phenoxy) is 1. The van der Waals surface area contributed by atoms with E-state index in [0.29, 0.717) is 23.1 Å². The van der Waals surface area contributed by atoms with Gasteiger partial charge in [-0.25, -0.2) is 0 Å². The van der Waals surface area contributed by atoms with E-state index in [9.17, 15) is 5.11 Å². The van der Waals surface area contributed by atoms with Crippen LogP contribution in [-0.4, -0.2) is 61.1 Å². The van der Waals surface area contributed by atoms with Crippen LogP contribution in [0, 0.1) is 5.92 Å². The summed E-state index contributed by atoms with van der Waals surface area (Å²) < 4.78 is 6.17. The molecular formula is C22H30ClN5O3. The summed E-state index contributed by atoms with van der Waals surface area (Å²) in [5, 5.41) is 25.7. The number of phenolic OH excluding ortho intramolecular Hbond substituents is 1. The van der Waals surface area contributed by atoms with E-state index >= 15 is 0 Å². The average Bonchev–Trinajstić information content (AvgIpc) is 3.24. The number of nitrogens with one attached hydrogen (secondary N) is 1. The Bertz CT molecular complexity index is 979. The fourth-order valence-electron chi connectivity index (χ4n) is 3.84. The molecule has 1 fully saturated rings. The van der Waals surface area contributed by atoms with Gasteiger partial charge in [0.25, 0.3) is 0 Å². The molecule has 4 N–H and O–H groups in total. The predicted octanol–water partition coefficient (Wildman–Crippen LogP) is 3.33. The van der Waals surface area contributed by atoms with E-state index in [1.165, 1.54) is 0 Å². The van der Waals surface area contributed by atoms with Gasteiger partial charge in [-0.05, 0) is 51.1 Å². The Balaban J connectivity index is 0.00000171. The minimum absolute atomic E-state index is 0. The van der Waals surface area contributed by atoms with Crippen LogP contribution in [0.3, 0.4) is 0 Å². The number of hydrogen-bond acceptors (Lipinski definition) is 6. The van der Waals surface area contributed by atoms with Crippen LogP contribution in [0.2, 0.25) is 0 Å². The zero-order valence-corrected chi connectivity index (χ0v) is 19.0. The smallest absolute Gasteiger partial charge is 0.233 e. The topological polar surface area (TPSA) is 119 Å². The lowest BCUT2D eigenvalue weighted by molar-refractivity contribution is -0.0301. The molecule has 0 aliphatic carbocycles. The first-order chi connectivity index (χ1) is 13.9. The molecule has 3 heterocycles. The summed E-state index contributed by atoms with van der Waals surface area (Å²) in [5.74, 6) is 1.03. The number of aromatic nitrogens is 4. The predicted molar refractivity (Wildman–Crippen MR) is 122 cm³/mol. The first-order valence-corrected chi connectivity index (χ1v) is 9.90. The van der Waals surface area contributed by atoms with Gasteiger partial charge in [0.1, 0.15) is 11.9 Å². The van der Waals surface area contributed by atoms with Gasteiger partial charge in [-0.15, -0.1) is 22.6 Å². The molecule has 0 bridgehead atoms. The number of halogens is 1. The van der Waals surface area contributed by atoms with Crippen molar-refractivity contribution in [1.29, 1.82) is 0 Å². The molecule has 9 heteroatoms. The Labute approximate surface area is 188 Å². The SMILES string of the molecule is CC1C(Oc2ccc(-c3ccc(-c4cn[nH]c4)cc3O)nn2)CCN(C)C1(C)C.Cl.O. The van der Waals surface area contributed by atoms with E-state index in [4.69, 9.17) is 4.74 Å². The molecule has 2 atom stereocenters. The van der Waals surface area contributed by atoms with Crippen LogP contribution in [-0.2, 0) is 0 Å². The van der Waals surface area contributed by atoms with Gasteiger partial charge in [0, 0.05) is 41.4 Å². The molecule has 1 saturated heterocycles. The van der Waals surface area contributed by atoms with Crippen molar-refractivity contribution in [3.8, 4) is 34.0 Å². The Morgan fingerprint density at radius 3 is 2.55 bits per heavy atom. The molecule has 3 aromatic rings. The summed E-state index contributed by atoms with van der Waals surface area (Å²) >= 11 is 0.